The van der Waals surface area contributed by atoms with Crippen molar-refractivity contribution >= 4 is 5.91 Å². The molecule has 0 spiro atoms. The number of nitrogens with one attached hydrogen (secondary N) is 1. The molecule has 8 N–H and O–H groups in total. The predicted molar refractivity (Wildman–Crippen MR) is 266 cm³/mol. The van der Waals surface area contributed by atoms with Crippen molar-refractivity contribution in [1.29, 1.82) is 0 Å². The second kappa shape index (κ2) is 43.8. The van der Waals surface area contributed by atoms with Gasteiger partial charge in [0.1, 0.15) is 36.6 Å². The highest BCUT2D eigenvalue weighted by Gasteiger charge is 2.44. The molecule has 1 heterocycles. The number of hydrogen-bond acceptors (Lipinski definition) is 10. The number of aliphatic hydroxyl groups is 7. The molecule has 65 heavy (non-hydrogen) atoms. The van der Waals surface area contributed by atoms with Crippen LogP contribution in [0.2, 0.25) is 0 Å². The zero-order valence-corrected chi connectivity index (χ0v) is 41.7. The molecule has 11 nitrogen and oxygen atoms in total. The van der Waals surface area contributed by atoms with Gasteiger partial charge in [-0.1, -0.05) is 205 Å². The van der Waals surface area contributed by atoms with Crippen LogP contribution in [-0.4, -0.2) is 110 Å². The highest BCUT2D eigenvalue weighted by atomic mass is 16.7. The number of carbonyl (C=O) groups is 1. The SMILES string of the molecule is CCCCC/C=C\CCCCCCC(O)C(=O)NC(COC1OC(CO)C(O)C(O)C1O)C(O)C(O)CCC/C=C/CCCCCCCCCCCCCCCCCCCCCCCC. The highest BCUT2D eigenvalue weighted by molar-refractivity contribution is 5.80. The smallest absolute Gasteiger partial charge is 0.249 e. The molecule has 9 unspecified atom stereocenters. The molecule has 1 aliphatic rings. The summed E-state index contributed by atoms with van der Waals surface area (Å²) in [6.07, 6.45) is 39.7. The predicted octanol–water partition coefficient (Wildman–Crippen LogP) is 10.6. The maximum Gasteiger partial charge on any atom is 0.249 e. The fourth-order valence-electron chi connectivity index (χ4n) is 8.73. The van der Waals surface area contributed by atoms with E-state index in [2.05, 4.69) is 43.5 Å². The van der Waals surface area contributed by atoms with Crippen molar-refractivity contribution in [3.8, 4) is 0 Å². The maximum absolute atomic E-state index is 13.1. The van der Waals surface area contributed by atoms with Crippen molar-refractivity contribution in [3.05, 3.63) is 24.3 Å². The Morgan fingerprint density at radius 1 is 0.523 bits per heavy atom. The van der Waals surface area contributed by atoms with Gasteiger partial charge in [-0.05, 0) is 64.2 Å². The first-order valence-corrected chi connectivity index (χ1v) is 27.2. The molecule has 1 saturated heterocycles. The average Bonchev–Trinajstić information content (AvgIpc) is 3.31. The summed E-state index contributed by atoms with van der Waals surface area (Å²) in [6, 6.07) is -1.19. The molecular weight excluding hydrogens is 823 g/mol. The molecule has 0 saturated carbocycles. The van der Waals surface area contributed by atoms with E-state index < -0.39 is 74.2 Å². The monoisotopic (exact) mass is 926 g/mol. The molecule has 0 aromatic heterocycles. The minimum Gasteiger partial charge on any atom is -0.394 e. The van der Waals surface area contributed by atoms with Gasteiger partial charge in [-0.2, -0.15) is 0 Å². The molecule has 0 aromatic rings. The number of aliphatic hydroxyl groups excluding tert-OH is 7. The fraction of sp³-hybridized carbons (Fsp3) is 0.907. The van der Waals surface area contributed by atoms with Crippen molar-refractivity contribution in [2.75, 3.05) is 13.2 Å². The van der Waals surface area contributed by atoms with Gasteiger partial charge in [0, 0.05) is 0 Å². The minimum atomic E-state index is -1.67. The summed E-state index contributed by atoms with van der Waals surface area (Å²) < 4.78 is 11.1. The fourth-order valence-corrected chi connectivity index (χ4v) is 8.73. The lowest BCUT2D eigenvalue weighted by atomic mass is 9.98. The molecule has 0 aromatic carbocycles. The number of amides is 1. The topological polar surface area (TPSA) is 189 Å². The Balaban J connectivity index is 2.29. The summed E-state index contributed by atoms with van der Waals surface area (Å²) in [4.78, 5) is 13.1. The van der Waals surface area contributed by atoms with E-state index in [0.29, 0.717) is 12.8 Å². The molecule has 0 bridgehead atoms. The Morgan fingerprint density at radius 2 is 0.908 bits per heavy atom. The van der Waals surface area contributed by atoms with Crippen molar-refractivity contribution in [2.45, 2.75) is 300 Å². The van der Waals surface area contributed by atoms with Gasteiger partial charge in [0.05, 0.1) is 25.4 Å². The van der Waals surface area contributed by atoms with Gasteiger partial charge in [0.2, 0.25) is 5.91 Å². The van der Waals surface area contributed by atoms with Crippen molar-refractivity contribution in [2.24, 2.45) is 0 Å². The quantitative estimate of drug-likeness (QED) is 0.0216. The zero-order valence-electron chi connectivity index (χ0n) is 41.7. The Kier molecular flexibility index (Phi) is 41.6. The standard InChI is InChI=1S/C54H103NO10/c1-3-5-7-9-11-13-15-16-17-18-19-20-21-22-23-24-25-26-27-28-29-30-32-33-35-37-39-41-46(57)49(59)45(44-64-54-52(62)51(61)50(60)48(43-56)65-54)55-53(63)47(58)42-40-38-36-34-31-14-12-10-8-6-4-2/h12,14,33,35,45-52,54,56-62H,3-11,13,15-32,34,36-44H2,1-2H3,(H,55,63)/b14-12-,35-33+. The van der Waals surface area contributed by atoms with E-state index in [-0.39, 0.29) is 12.8 Å². The number of unbranched alkanes of at least 4 members (excludes halogenated alkanes) is 30. The van der Waals surface area contributed by atoms with Gasteiger partial charge in [-0.15, -0.1) is 0 Å². The minimum absolute atomic E-state index is 0.240. The third-order valence-corrected chi connectivity index (χ3v) is 13.2. The van der Waals surface area contributed by atoms with Crippen LogP contribution >= 0.6 is 0 Å². The van der Waals surface area contributed by atoms with Crippen LogP contribution in [0.3, 0.4) is 0 Å². The van der Waals surface area contributed by atoms with E-state index in [0.717, 1.165) is 51.4 Å². The number of carbonyl (C=O) groups excluding carboxylic acids is 1. The Hall–Kier alpha value is -1.41. The normalized spacial score (nSPS) is 21.0. The van der Waals surface area contributed by atoms with Gasteiger partial charge >= 0.3 is 0 Å². The van der Waals surface area contributed by atoms with Gasteiger partial charge < -0.3 is 50.5 Å². The summed E-state index contributed by atoms with van der Waals surface area (Å²) in [7, 11) is 0. The van der Waals surface area contributed by atoms with Gasteiger partial charge in [-0.25, -0.2) is 0 Å². The summed E-state index contributed by atoms with van der Waals surface area (Å²) in [5, 5.41) is 75.8. The third-order valence-electron chi connectivity index (χ3n) is 13.2. The summed E-state index contributed by atoms with van der Waals surface area (Å²) in [5.41, 5.74) is 0. The second-order valence-electron chi connectivity index (χ2n) is 19.3. The molecule has 1 amide bonds. The molecule has 1 rings (SSSR count). The van der Waals surface area contributed by atoms with Crippen LogP contribution in [0, 0.1) is 0 Å². The van der Waals surface area contributed by atoms with Crippen LogP contribution in [0.25, 0.3) is 0 Å². The van der Waals surface area contributed by atoms with Crippen LogP contribution in [0.15, 0.2) is 24.3 Å². The zero-order chi connectivity index (χ0) is 47.6. The van der Waals surface area contributed by atoms with E-state index in [4.69, 9.17) is 9.47 Å². The number of ether oxygens (including phenoxy) is 2. The lowest BCUT2D eigenvalue weighted by Gasteiger charge is -2.40. The lowest BCUT2D eigenvalue weighted by molar-refractivity contribution is -0.303. The highest BCUT2D eigenvalue weighted by Crippen LogP contribution is 2.23. The van der Waals surface area contributed by atoms with Crippen LogP contribution in [0.4, 0.5) is 0 Å². The number of allylic oxidation sites excluding steroid dienone is 4. The average molecular weight is 926 g/mol. The second-order valence-corrected chi connectivity index (χ2v) is 19.3. The Morgan fingerprint density at radius 3 is 1.35 bits per heavy atom. The molecule has 0 aliphatic carbocycles. The Labute approximate surface area is 397 Å². The van der Waals surface area contributed by atoms with Crippen molar-refractivity contribution in [3.63, 3.8) is 0 Å². The maximum atomic E-state index is 13.1. The van der Waals surface area contributed by atoms with E-state index >= 15 is 0 Å². The van der Waals surface area contributed by atoms with E-state index in [1.54, 1.807) is 0 Å². The molecule has 1 aliphatic heterocycles. The van der Waals surface area contributed by atoms with Crippen molar-refractivity contribution in [1.82, 2.24) is 5.32 Å². The van der Waals surface area contributed by atoms with Gasteiger partial charge in [0.15, 0.2) is 6.29 Å². The van der Waals surface area contributed by atoms with E-state index in [1.807, 2.05) is 0 Å². The molecule has 11 heteroatoms. The number of rotatable bonds is 46. The van der Waals surface area contributed by atoms with Crippen molar-refractivity contribution < 1.29 is 50.0 Å². The largest absolute Gasteiger partial charge is 0.394 e. The summed E-state index contributed by atoms with van der Waals surface area (Å²) >= 11 is 0. The molecule has 1 fully saturated rings. The summed E-state index contributed by atoms with van der Waals surface area (Å²) in [5.74, 6) is -0.716. The van der Waals surface area contributed by atoms with Crippen LogP contribution < -0.4 is 5.32 Å². The molecular formula is C54H103NO10. The first-order chi connectivity index (χ1) is 31.7. The summed E-state index contributed by atoms with van der Waals surface area (Å²) in [6.45, 7) is 3.41. The van der Waals surface area contributed by atoms with Gasteiger partial charge in [0.25, 0.3) is 0 Å². The number of hydrogen-bond donors (Lipinski definition) is 8. The van der Waals surface area contributed by atoms with Crippen LogP contribution in [0.5, 0.6) is 0 Å². The van der Waals surface area contributed by atoms with Gasteiger partial charge in [-0.3, -0.25) is 4.79 Å². The Bertz CT molecular complexity index is 1110. The molecule has 384 valence electrons. The van der Waals surface area contributed by atoms with E-state index in [1.165, 1.54) is 154 Å². The third kappa shape index (κ3) is 32.9. The lowest BCUT2D eigenvalue weighted by Crippen LogP contribution is -2.60. The first-order valence-electron chi connectivity index (χ1n) is 27.2. The van der Waals surface area contributed by atoms with Crippen LogP contribution in [0.1, 0.15) is 245 Å². The first kappa shape index (κ1) is 61.6. The molecule has 0 radical (unpaired) electrons. The molecule has 9 atom stereocenters. The van der Waals surface area contributed by atoms with E-state index in [9.17, 15) is 40.5 Å². The van der Waals surface area contributed by atoms with Crippen LogP contribution in [-0.2, 0) is 14.3 Å².